The average Bonchev–Trinajstić information content (AvgIpc) is 2.11. The van der Waals surface area contributed by atoms with Gasteiger partial charge in [0.05, 0.1) is 5.60 Å². The van der Waals surface area contributed by atoms with Crippen LogP contribution in [0.4, 0.5) is 0 Å². The lowest BCUT2D eigenvalue weighted by Gasteiger charge is -2.08. The van der Waals surface area contributed by atoms with Crippen molar-refractivity contribution < 1.29 is 5.11 Å². The molecule has 0 spiro atoms. The summed E-state index contributed by atoms with van der Waals surface area (Å²) in [7, 11) is 0. The molecule has 0 aromatic rings. The van der Waals surface area contributed by atoms with E-state index < -0.39 is 5.60 Å². The van der Waals surface area contributed by atoms with Crippen LogP contribution in [0.1, 0.15) is 27.7 Å². The molecule has 60 valence electrons. The molecule has 0 heterocycles. The van der Waals surface area contributed by atoms with Crippen molar-refractivity contribution in [2.24, 2.45) is 5.41 Å². The molecule has 1 saturated carbocycles. The molecule has 1 nitrogen and oxygen atoms in total. The zero-order chi connectivity index (χ0) is 8.21. The molecule has 1 rings (SSSR count). The zero-order valence-corrected chi connectivity index (χ0v) is 8.17. The van der Waals surface area contributed by atoms with Gasteiger partial charge in [0, 0.05) is 10.2 Å². The van der Waals surface area contributed by atoms with Crippen LogP contribution in [0.3, 0.4) is 0 Å². The van der Waals surface area contributed by atoms with Crippen molar-refractivity contribution in [2.45, 2.75) is 38.0 Å². The van der Waals surface area contributed by atoms with Crippen LogP contribution in [-0.4, -0.2) is 21.7 Å². The van der Waals surface area contributed by atoms with Gasteiger partial charge in [0.1, 0.15) is 0 Å². The summed E-state index contributed by atoms with van der Waals surface area (Å²) >= 11 is 1.76. The maximum Gasteiger partial charge on any atom is 0.0834 e. The molecule has 0 radical (unpaired) electrons. The van der Waals surface area contributed by atoms with E-state index >= 15 is 0 Å². The van der Waals surface area contributed by atoms with Crippen molar-refractivity contribution in [1.82, 2.24) is 0 Å². The van der Waals surface area contributed by atoms with Gasteiger partial charge in [-0.25, -0.2) is 0 Å². The Bertz CT molecular complexity index is 147. The molecule has 2 atom stereocenters. The maximum absolute atomic E-state index is 9.86. The van der Waals surface area contributed by atoms with E-state index in [0.29, 0.717) is 0 Å². The fourth-order valence-corrected chi connectivity index (χ4v) is 3.04. The predicted octanol–water partition coefficient (Wildman–Crippen LogP) is 1.90. The van der Waals surface area contributed by atoms with Crippen LogP contribution < -0.4 is 0 Å². The summed E-state index contributed by atoms with van der Waals surface area (Å²) in [5, 5.41) is 9.86. The first-order valence-electron chi connectivity index (χ1n) is 3.59. The molecule has 0 aromatic heterocycles. The lowest BCUT2D eigenvalue weighted by molar-refractivity contribution is 0.125. The number of rotatable bonds is 1. The van der Waals surface area contributed by atoms with Gasteiger partial charge in [-0.3, -0.25) is 0 Å². The first-order chi connectivity index (χ1) is 4.31. The van der Waals surface area contributed by atoms with E-state index in [9.17, 15) is 5.11 Å². The van der Waals surface area contributed by atoms with E-state index in [2.05, 4.69) is 27.0 Å². The second-order valence-electron chi connectivity index (χ2n) is 3.93. The van der Waals surface area contributed by atoms with E-state index in [0.717, 1.165) is 0 Å². The molecule has 2 unspecified atom stereocenters. The third-order valence-electron chi connectivity index (χ3n) is 3.68. The summed E-state index contributed by atoms with van der Waals surface area (Å²) in [6.07, 6.45) is 2.06. The Kier molecular flexibility index (Phi) is 1.45. The summed E-state index contributed by atoms with van der Waals surface area (Å²) in [6.45, 7) is 8.27. The van der Waals surface area contributed by atoms with Crippen LogP contribution in [0.25, 0.3) is 0 Å². The molecule has 0 saturated heterocycles. The average molecular weight is 160 g/mol. The molecule has 0 aromatic carbocycles. The van der Waals surface area contributed by atoms with Crippen molar-refractivity contribution in [3.63, 3.8) is 0 Å². The minimum Gasteiger partial charge on any atom is -0.388 e. The van der Waals surface area contributed by atoms with Crippen LogP contribution in [0.5, 0.6) is 0 Å². The molecule has 0 bridgehead atoms. The molecule has 2 heteroatoms. The molecule has 0 aliphatic heterocycles. The standard InChI is InChI=1S/C8H16OS/c1-6(2)7(3,9)8(6,4)10-5/h9H,1-5H3. The van der Waals surface area contributed by atoms with Crippen molar-refractivity contribution in [2.75, 3.05) is 6.26 Å². The van der Waals surface area contributed by atoms with Gasteiger partial charge in [0.15, 0.2) is 0 Å². The Morgan fingerprint density at radius 3 is 1.40 bits per heavy atom. The first-order valence-corrected chi connectivity index (χ1v) is 4.81. The largest absolute Gasteiger partial charge is 0.388 e. The van der Waals surface area contributed by atoms with Crippen molar-refractivity contribution in [3.8, 4) is 0 Å². The third kappa shape index (κ3) is 0.554. The van der Waals surface area contributed by atoms with E-state index in [-0.39, 0.29) is 10.2 Å². The molecule has 1 fully saturated rings. The van der Waals surface area contributed by atoms with E-state index in [1.54, 1.807) is 11.8 Å². The van der Waals surface area contributed by atoms with E-state index in [1.165, 1.54) is 0 Å². The molecule has 1 aliphatic rings. The summed E-state index contributed by atoms with van der Waals surface area (Å²) in [4.78, 5) is 0. The lowest BCUT2D eigenvalue weighted by atomic mass is 10.1. The van der Waals surface area contributed by atoms with E-state index in [4.69, 9.17) is 0 Å². The predicted molar refractivity (Wildman–Crippen MR) is 46.3 cm³/mol. The van der Waals surface area contributed by atoms with Crippen molar-refractivity contribution in [1.29, 1.82) is 0 Å². The van der Waals surface area contributed by atoms with Gasteiger partial charge in [-0.2, -0.15) is 11.8 Å². The smallest absolute Gasteiger partial charge is 0.0834 e. The highest BCUT2D eigenvalue weighted by Crippen LogP contribution is 2.70. The lowest BCUT2D eigenvalue weighted by Crippen LogP contribution is -2.14. The first kappa shape index (κ1) is 8.41. The minimum atomic E-state index is -0.487. The molecule has 1 aliphatic carbocycles. The summed E-state index contributed by atoms with van der Waals surface area (Å²) in [5.74, 6) is 0. The third-order valence-corrected chi connectivity index (χ3v) is 5.41. The molecule has 0 amide bonds. The number of aliphatic hydroxyl groups is 1. The quantitative estimate of drug-likeness (QED) is 0.632. The fourth-order valence-electron chi connectivity index (χ4n) is 1.73. The van der Waals surface area contributed by atoms with E-state index in [1.807, 2.05) is 6.92 Å². The monoisotopic (exact) mass is 160 g/mol. The van der Waals surface area contributed by atoms with Gasteiger partial charge >= 0.3 is 0 Å². The van der Waals surface area contributed by atoms with Gasteiger partial charge in [0.2, 0.25) is 0 Å². The minimum absolute atomic E-state index is 0.0556. The number of thioether (sulfide) groups is 1. The van der Waals surface area contributed by atoms with Crippen LogP contribution in [0.2, 0.25) is 0 Å². The maximum atomic E-state index is 9.86. The van der Waals surface area contributed by atoms with Gasteiger partial charge in [0.25, 0.3) is 0 Å². The summed E-state index contributed by atoms with van der Waals surface area (Å²) in [5.41, 5.74) is -0.418. The van der Waals surface area contributed by atoms with Gasteiger partial charge < -0.3 is 5.11 Å². The highest BCUT2D eigenvalue weighted by atomic mass is 32.2. The summed E-state index contributed by atoms with van der Waals surface area (Å²) in [6, 6.07) is 0. The Hall–Kier alpha value is 0.310. The second kappa shape index (κ2) is 1.72. The van der Waals surface area contributed by atoms with Crippen LogP contribution in [0, 0.1) is 5.41 Å². The number of hydrogen-bond donors (Lipinski definition) is 1. The van der Waals surface area contributed by atoms with Crippen LogP contribution in [0.15, 0.2) is 0 Å². The van der Waals surface area contributed by atoms with Gasteiger partial charge in [-0.05, 0) is 20.1 Å². The zero-order valence-electron chi connectivity index (χ0n) is 7.36. The molecule has 10 heavy (non-hydrogen) atoms. The SMILES string of the molecule is CSC1(C)C(C)(C)C1(C)O. The van der Waals surface area contributed by atoms with Crippen LogP contribution in [-0.2, 0) is 0 Å². The highest BCUT2D eigenvalue weighted by molar-refractivity contribution is 8.00. The Morgan fingerprint density at radius 2 is 1.40 bits per heavy atom. The van der Waals surface area contributed by atoms with Crippen molar-refractivity contribution >= 4 is 11.8 Å². The van der Waals surface area contributed by atoms with Crippen LogP contribution >= 0.6 is 11.8 Å². The topological polar surface area (TPSA) is 20.2 Å². The second-order valence-corrected chi connectivity index (χ2v) is 5.16. The fraction of sp³-hybridized carbons (Fsp3) is 1.00. The Morgan fingerprint density at radius 1 is 1.10 bits per heavy atom. The molecular formula is C8H16OS. The molecule has 1 N–H and O–H groups in total. The molecular weight excluding hydrogens is 144 g/mol. The summed E-state index contributed by atoms with van der Waals surface area (Å²) < 4.78 is 0.0556. The Balaban J connectivity index is 2.90. The Labute approximate surface area is 67.2 Å². The number of hydrogen-bond acceptors (Lipinski definition) is 2. The normalized spacial score (nSPS) is 51.0. The van der Waals surface area contributed by atoms with Gasteiger partial charge in [-0.1, -0.05) is 13.8 Å². The van der Waals surface area contributed by atoms with Gasteiger partial charge in [-0.15, -0.1) is 0 Å². The van der Waals surface area contributed by atoms with Crippen molar-refractivity contribution in [3.05, 3.63) is 0 Å². The highest BCUT2D eigenvalue weighted by Gasteiger charge is 2.76.